The van der Waals surface area contributed by atoms with Gasteiger partial charge in [0.1, 0.15) is 0 Å². The molecular weight excluding hydrogens is 194 g/mol. The van der Waals surface area contributed by atoms with Crippen LogP contribution in [-0.2, 0) is 11.8 Å². The summed E-state index contributed by atoms with van der Waals surface area (Å²) in [5.41, 5.74) is 0. The molecule has 0 bridgehead atoms. The number of nitrogens with zero attached hydrogens (tertiary/aromatic N) is 4. The number of ether oxygens (including phenoxy) is 1. The van der Waals surface area contributed by atoms with Crippen molar-refractivity contribution in [3.63, 3.8) is 0 Å². The van der Waals surface area contributed by atoms with Crippen LogP contribution in [0.2, 0.25) is 0 Å². The van der Waals surface area contributed by atoms with Crippen LogP contribution in [0.25, 0.3) is 0 Å². The lowest BCUT2D eigenvalue weighted by molar-refractivity contribution is 0.126. The lowest BCUT2D eigenvalue weighted by atomic mass is 10.1. The van der Waals surface area contributed by atoms with Gasteiger partial charge < -0.3 is 10.1 Å². The maximum absolute atomic E-state index is 5.41. The molecule has 0 aromatic carbocycles. The van der Waals surface area contributed by atoms with Crippen LogP contribution in [0.1, 0.15) is 20.8 Å². The molecule has 0 spiro atoms. The maximum Gasteiger partial charge on any atom is 0.242 e. The SMILES string of the molecule is CCOCC(Nc1nnnn1C)C(C)C. The Kier molecular flexibility index (Phi) is 4.48. The van der Waals surface area contributed by atoms with Gasteiger partial charge in [-0.15, -0.1) is 0 Å². The van der Waals surface area contributed by atoms with E-state index in [4.69, 9.17) is 4.74 Å². The lowest BCUT2D eigenvalue weighted by Gasteiger charge is -2.21. The molecule has 1 aromatic rings. The summed E-state index contributed by atoms with van der Waals surface area (Å²) in [6.07, 6.45) is 0. The Labute approximate surface area is 90.0 Å². The minimum absolute atomic E-state index is 0.231. The zero-order valence-electron chi connectivity index (χ0n) is 9.77. The van der Waals surface area contributed by atoms with Gasteiger partial charge in [0.2, 0.25) is 5.95 Å². The van der Waals surface area contributed by atoms with Gasteiger partial charge >= 0.3 is 0 Å². The van der Waals surface area contributed by atoms with Crippen molar-refractivity contribution in [1.29, 1.82) is 0 Å². The number of hydrogen-bond donors (Lipinski definition) is 1. The van der Waals surface area contributed by atoms with Crippen LogP contribution in [0.15, 0.2) is 0 Å². The Morgan fingerprint density at radius 2 is 2.20 bits per heavy atom. The first kappa shape index (κ1) is 11.9. The zero-order valence-corrected chi connectivity index (χ0v) is 9.77. The highest BCUT2D eigenvalue weighted by Crippen LogP contribution is 2.08. The van der Waals surface area contributed by atoms with E-state index in [2.05, 4.69) is 34.7 Å². The fourth-order valence-electron chi connectivity index (χ4n) is 1.16. The average Bonchev–Trinajstić information content (AvgIpc) is 2.58. The summed E-state index contributed by atoms with van der Waals surface area (Å²) in [6.45, 7) is 7.66. The van der Waals surface area contributed by atoms with Crippen molar-refractivity contribution in [3.05, 3.63) is 0 Å². The van der Waals surface area contributed by atoms with Crippen LogP contribution in [0.4, 0.5) is 5.95 Å². The predicted molar refractivity (Wildman–Crippen MR) is 57.5 cm³/mol. The first-order valence-corrected chi connectivity index (χ1v) is 5.21. The molecule has 1 rings (SSSR count). The molecule has 6 nitrogen and oxygen atoms in total. The Bertz CT molecular complexity index is 286. The van der Waals surface area contributed by atoms with Crippen molar-refractivity contribution in [2.24, 2.45) is 13.0 Å². The molecule has 0 fully saturated rings. The molecule has 1 N–H and O–H groups in total. The summed E-state index contributed by atoms with van der Waals surface area (Å²) < 4.78 is 7.02. The normalized spacial score (nSPS) is 13.1. The summed E-state index contributed by atoms with van der Waals surface area (Å²) in [5.74, 6) is 1.14. The molecule has 1 unspecified atom stereocenters. The van der Waals surface area contributed by atoms with E-state index in [1.54, 1.807) is 11.7 Å². The fourth-order valence-corrected chi connectivity index (χ4v) is 1.16. The molecular formula is C9H19N5O. The number of anilines is 1. The van der Waals surface area contributed by atoms with E-state index < -0.39 is 0 Å². The number of aryl methyl sites for hydroxylation is 1. The summed E-state index contributed by atoms with van der Waals surface area (Å²) in [5, 5.41) is 14.5. The van der Waals surface area contributed by atoms with Crippen LogP contribution in [0.3, 0.4) is 0 Å². The second kappa shape index (κ2) is 5.65. The van der Waals surface area contributed by atoms with Crippen molar-refractivity contribution < 1.29 is 4.74 Å². The molecule has 15 heavy (non-hydrogen) atoms. The summed E-state index contributed by atoms with van der Waals surface area (Å²) in [7, 11) is 1.81. The molecule has 6 heteroatoms. The number of hydrogen-bond acceptors (Lipinski definition) is 5. The standard InChI is InChI=1S/C9H19N5O/c1-5-15-6-8(7(2)3)10-9-11-12-13-14(9)4/h7-8H,5-6H2,1-4H3,(H,10,11,13). The van der Waals surface area contributed by atoms with Crippen molar-refractivity contribution in [3.8, 4) is 0 Å². The summed E-state index contributed by atoms with van der Waals surface area (Å²) in [6, 6.07) is 0.231. The van der Waals surface area contributed by atoms with Gasteiger partial charge in [-0.3, -0.25) is 0 Å². The van der Waals surface area contributed by atoms with Crippen LogP contribution in [0, 0.1) is 5.92 Å². The first-order chi connectivity index (χ1) is 7.15. The van der Waals surface area contributed by atoms with E-state index in [1.165, 1.54) is 0 Å². The van der Waals surface area contributed by atoms with Crippen LogP contribution in [0.5, 0.6) is 0 Å². The van der Waals surface area contributed by atoms with E-state index in [9.17, 15) is 0 Å². The monoisotopic (exact) mass is 213 g/mol. The van der Waals surface area contributed by atoms with Gasteiger partial charge in [-0.1, -0.05) is 18.9 Å². The van der Waals surface area contributed by atoms with Gasteiger partial charge in [-0.05, 0) is 23.3 Å². The van der Waals surface area contributed by atoms with Crippen LogP contribution >= 0.6 is 0 Å². The molecule has 1 heterocycles. The second-order valence-corrected chi connectivity index (χ2v) is 3.78. The third-order valence-corrected chi connectivity index (χ3v) is 2.24. The molecule has 0 saturated carbocycles. The largest absolute Gasteiger partial charge is 0.380 e. The highest BCUT2D eigenvalue weighted by atomic mass is 16.5. The number of rotatable bonds is 6. The summed E-state index contributed by atoms with van der Waals surface area (Å²) in [4.78, 5) is 0. The van der Waals surface area contributed by atoms with Crippen molar-refractivity contribution in [1.82, 2.24) is 20.2 Å². The Morgan fingerprint density at radius 1 is 1.47 bits per heavy atom. The molecule has 0 aliphatic carbocycles. The fraction of sp³-hybridized carbons (Fsp3) is 0.889. The third kappa shape index (κ3) is 3.47. The van der Waals surface area contributed by atoms with E-state index in [0.29, 0.717) is 18.5 Å². The van der Waals surface area contributed by atoms with Crippen LogP contribution < -0.4 is 5.32 Å². The predicted octanol–water partition coefficient (Wildman–Crippen LogP) is 0.683. The minimum atomic E-state index is 0.231. The molecule has 0 amide bonds. The Morgan fingerprint density at radius 3 is 2.67 bits per heavy atom. The first-order valence-electron chi connectivity index (χ1n) is 5.21. The zero-order chi connectivity index (χ0) is 11.3. The van der Waals surface area contributed by atoms with Gasteiger partial charge in [0, 0.05) is 13.7 Å². The van der Waals surface area contributed by atoms with Gasteiger partial charge in [0.15, 0.2) is 0 Å². The van der Waals surface area contributed by atoms with E-state index in [1.807, 2.05) is 6.92 Å². The smallest absolute Gasteiger partial charge is 0.242 e. The number of nitrogens with one attached hydrogen (secondary N) is 1. The third-order valence-electron chi connectivity index (χ3n) is 2.24. The van der Waals surface area contributed by atoms with E-state index >= 15 is 0 Å². The van der Waals surface area contributed by atoms with Crippen molar-refractivity contribution in [2.45, 2.75) is 26.8 Å². The molecule has 0 aliphatic heterocycles. The van der Waals surface area contributed by atoms with E-state index in [0.717, 1.165) is 6.61 Å². The molecule has 0 saturated heterocycles. The molecule has 1 aromatic heterocycles. The van der Waals surface area contributed by atoms with Gasteiger partial charge in [0.05, 0.1) is 12.6 Å². The minimum Gasteiger partial charge on any atom is -0.380 e. The van der Waals surface area contributed by atoms with Gasteiger partial charge in [-0.2, -0.15) is 0 Å². The highest BCUT2D eigenvalue weighted by Gasteiger charge is 2.15. The van der Waals surface area contributed by atoms with Crippen LogP contribution in [-0.4, -0.2) is 39.5 Å². The van der Waals surface area contributed by atoms with Crippen molar-refractivity contribution >= 4 is 5.95 Å². The molecule has 1 atom stereocenters. The topological polar surface area (TPSA) is 64.9 Å². The van der Waals surface area contributed by atoms with Gasteiger partial charge in [0.25, 0.3) is 0 Å². The highest BCUT2D eigenvalue weighted by molar-refractivity contribution is 5.23. The molecule has 86 valence electrons. The second-order valence-electron chi connectivity index (χ2n) is 3.78. The molecule has 0 aliphatic rings. The van der Waals surface area contributed by atoms with Crippen molar-refractivity contribution in [2.75, 3.05) is 18.5 Å². The average molecular weight is 213 g/mol. The Balaban J connectivity index is 2.54. The maximum atomic E-state index is 5.41. The summed E-state index contributed by atoms with van der Waals surface area (Å²) >= 11 is 0. The van der Waals surface area contributed by atoms with E-state index in [-0.39, 0.29) is 6.04 Å². The number of tetrazole rings is 1. The van der Waals surface area contributed by atoms with Gasteiger partial charge in [-0.25, -0.2) is 4.68 Å². The molecule has 0 radical (unpaired) electrons. The number of aromatic nitrogens is 4. The quantitative estimate of drug-likeness (QED) is 0.753. The Hall–Kier alpha value is -1.17. The lowest BCUT2D eigenvalue weighted by Crippen LogP contribution is -2.32.